The maximum Gasteiger partial charge on any atom is 0.224 e. The zero-order chi connectivity index (χ0) is 13.8. The van der Waals surface area contributed by atoms with E-state index in [1.807, 2.05) is 13.0 Å². The molecule has 19 heavy (non-hydrogen) atoms. The van der Waals surface area contributed by atoms with Gasteiger partial charge in [0.1, 0.15) is 0 Å². The average Bonchev–Trinajstić information content (AvgIpc) is 2.86. The molecule has 3 N–H and O–H groups in total. The molecule has 1 heterocycles. The van der Waals surface area contributed by atoms with E-state index in [1.54, 1.807) is 6.07 Å². The van der Waals surface area contributed by atoms with Gasteiger partial charge in [0.15, 0.2) is 0 Å². The maximum atomic E-state index is 11.9. The lowest BCUT2D eigenvalue weighted by atomic mass is 10.1. The smallest absolute Gasteiger partial charge is 0.224 e. The van der Waals surface area contributed by atoms with E-state index in [-0.39, 0.29) is 12.0 Å². The fourth-order valence-corrected chi connectivity index (χ4v) is 2.72. The number of nitrogens with one attached hydrogen (secondary N) is 1. The molecule has 1 atom stereocenters. The number of ether oxygens (including phenoxy) is 1. The van der Waals surface area contributed by atoms with Crippen LogP contribution in [0.2, 0.25) is 0 Å². The van der Waals surface area contributed by atoms with Gasteiger partial charge in [-0.1, -0.05) is 0 Å². The summed E-state index contributed by atoms with van der Waals surface area (Å²) in [4.78, 5) is 11.9. The normalized spacial score (nSPS) is 18.5. The molecule has 1 saturated heterocycles. The van der Waals surface area contributed by atoms with Crippen LogP contribution in [0.5, 0.6) is 0 Å². The first-order chi connectivity index (χ1) is 9.06. The molecule has 104 valence electrons. The lowest BCUT2D eigenvalue weighted by molar-refractivity contribution is -0.116. The van der Waals surface area contributed by atoms with Gasteiger partial charge in [-0.25, -0.2) is 0 Å². The number of nitrogen functional groups attached to an aromatic ring is 1. The molecule has 0 saturated carbocycles. The van der Waals surface area contributed by atoms with Gasteiger partial charge < -0.3 is 15.8 Å². The average molecular weight is 327 g/mol. The maximum absolute atomic E-state index is 11.9. The minimum atomic E-state index is -0.000506. The van der Waals surface area contributed by atoms with Crippen molar-refractivity contribution in [2.45, 2.75) is 38.7 Å². The molecule has 0 radical (unpaired) electrons. The molecule has 1 aliphatic heterocycles. The SMILES string of the molecule is Cc1cc(Br)c(NC(=O)CCC2CCCO2)cc1N. The molecule has 1 unspecified atom stereocenters. The number of nitrogens with two attached hydrogens (primary N) is 1. The van der Waals surface area contributed by atoms with E-state index in [0.29, 0.717) is 12.1 Å². The lowest BCUT2D eigenvalue weighted by Crippen LogP contribution is -2.15. The number of hydrogen-bond acceptors (Lipinski definition) is 3. The highest BCUT2D eigenvalue weighted by Gasteiger charge is 2.17. The van der Waals surface area contributed by atoms with E-state index < -0.39 is 0 Å². The molecule has 1 fully saturated rings. The van der Waals surface area contributed by atoms with Crippen LogP contribution < -0.4 is 11.1 Å². The van der Waals surface area contributed by atoms with E-state index >= 15 is 0 Å². The van der Waals surface area contributed by atoms with Crippen LogP contribution >= 0.6 is 15.9 Å². The number of anilines is 2. The molecule has 1 aliphatic rings. The topological polar surface area (TPSA) is 64.3 Å². The number of benzene rings is 1. The molecule has 1 aromatic carbocycles. The van der Waals surface area contributed by atoms with Crippen molar-refractivity contribution in [3.63, 3.8) is 0 Å². The lowest BCUT2D eigenvalue weighted by Gasteiger charge is -2.12. The molecular weight excluding hydrogens is 308 g/mol. The zero-order valence-electron chi connectivity index (χ0n) is 11.0. The molecule has 5 heteroatoms. The third-order valence-electron chi connectivity index (χ3n) is 3.35. The number of rotatable bonds is 4. The summed E-state index contributed by atoms with van der Waals surface area (Å²) < 4.78 is 6.35. The Bertz CT molecular complexity index is 471. The van der Waals surface area contributed by atoms with Crippen molar-refractivity contribution in [2.24, 2.45) is 0 Å². The van der Waals surface area contributed by atoms with Crippen LogP contribution in [0.4, 0.5) is 11.4 Å². The van der Waals surface area contributed by atoms with Gasteiger partial charge in [0, 0.05) is 23.2 Å². The predicted molar refractivity (Wildman–Crippen MR) is 80.1 cm³/mol. The first kappa shape index (κ1) is 14.3. The van der Waals surface area contributed by atoms with Crippen molar-refractivity contribution in [3.05, 3.63) is 22.2 Å². The van der Waals surface area contributed by atoms with Gasteiger partial charge in [0.2, 0.25) is 5.91 Å². The second-order valence-corrected chi connectivity index (χ2v) is 5.76. The van der Waals surface area contributed by atoms with Crippen LogP contribution in [0, 0.1) is 6.92 Å². The number of carbonyl (C=O) groups is 1. The molecule has 0 aromatic heterocycles. The monoisotopic (exact) mass is 326 g/mol. The van der Waals surface area contributed by atoms with Crippen LogP contribution in [-0.4, -0.2) is 18.6 Å². The molecule has 0 spiro atoms. The third kappa shape index (κ3) is 3.94. The largest absolute Gasteiger partial charge is 0.398 e. The first-order valence-corrected chi connectivity index (χ1v) is 7.32. The van der Waals surface area contributed by atoms with Crippen LogP contribution in [0.3, 0.4) is 0 Å². The Morgan fingerprint density at radius 3 is 3.05 bits per heavy atom. The van der Waals surface area contributed by atoms with Crippen molar-refractivity contribution in [3.8, 4) is 0 Å². The number of aryl methyl sites for hydroxylation is 1. The predicted octanol–water partition coefficient (Wildman–Crippen LogP) is 3.24. The van der Waals surface area contributed by atoms with Gasteiger partial charge in [0.25, 0.3) is 0 Å². The van der Waals surface area contributed by atoms with E-state index in [2.05, 4.69) is 21.2 Å². The molecule has 1 aromatic rings. The summed E-state index contributed by atoms with van der Waals surface area (Å²) in [5.41, 5.74) is 8.24. The van der Waals surface area contributed by atoms with Gasteiger partial charge in [0.05, 0.1) is 11.8 Å². The van der Waals surface area contributed by atoms with Crippen LogP contribution in [-0.2, 0) is 9.53 Å². The highest BCUT2D eigenvalue weighted by Crippen LogP contribution is 2.28. The Morgan fingerprint density at radius 2 is 2.37 bits per heavy atom. The Morgan fingerprint density at radius 1 is 1.58 bits per heavy atom. The summed E-state index contributed by atoms with van der Waals surface area (Å²) >= 11 is 3.43. The van der Waals surface area contributed by atoms with E-state index in [1.165, 1.54) is 0 Å². The summed E-state index contributed by atoms with van der Waals surface area (Å²) in [6, 6.07) is 3.69. The summed E-state index contributed by atoms with van der Waals surface area (Å²) in [5, 5.41) is 2.88. The molecule has 1 amide bonds. The molecule has 0 bridgehead atoms. The fraction of sp³-hybridized carbons (Fsp3) is 0.500. The van der Waals surface area contributed by atoms with Crippen LogP contribution in [0.1, 0.15) is 31.2 Å². The van der Waals surface area contributed by atoms with E-state index in [4.69, 9.17) is 10.5 Å². The Hall–Kier alpha value is -1.07. The highest BCUT2D eigenvalue weighted by atomic mass is 79.9. The van der Waals surface area contributed by atoms with Crippen molar-refractivity contribution < 1.29 is 9.53 Å². The van der Waals surface area contributed by atoms with Gasteiger partial charge in [-0.05, 0) is 59.8 Å². The number of hydrogen-bond donors (Lipinski definition) is 2. The van der Waals surface area contributed by atoms with Crippen LogP contribution in [0.25, 0.3) is 0 Å². The molecular formula is C14H19BrN2O2. The zero-order valence-corrected chi connectivity index (χ0v) is 12.6. The van der Waals surface area contributed by atoms with Crippen molar-refractivity contribution in [1.29, 1.82) is 0 Å². The molecule has 4 nitrogen and oxygen atoms in total. The van der Waals surface area contributed by atoms with Gasteiger partial charge >= 0.3 is 0 Å². The van der Waals surface area contributed by atoms with Gasteiger partial charge in [-0.3, -0.25) is 4.79 Å². The Labute approximate surface area is 121 Å². The minimum Gasteiger partial charge on any atom is -0.398 e. The summed E-state index contributed by atoms with van der Waals surface area (Å²) in [5.74, 6) is -0.000506. The Kier molecular flexibility index (Phi) is 4.82. The van der Waals surface area contributed by atoms with Crippen molar-refractivity contribution in [2.75, 3.05) is 17.7 Å². The fourth-order valence-electron chi connectivity index (χ4n) is 2.16. The van der Waals surface area contributed by atoms with Crippen LogP contribution in [0.15, 0.2) is 16.6 Å². The molecule has 2 rings (SSSR count). The first-order valence-electron chi connectivity index (χ1n) is 6.53. The number of halogens is 1. The standard InChI is InChI=1S/C14H19BrN2O2/c1-9-7-11(15)13(8-12(9)16)17-14(18)5-4-10-3-2-6-19-10/h7-8,10H,2-6,16H2,1H3,(H,17,18). The van der Waals surface area contributed by atoms with E-state index in [9.17, 15) is 4.79 Å². The number of amides is 1. The Balaban J connectivity index is 1.89. The van der Waals surface area contributed by atoms with E-state index in [0.717, 1.165) is 41.6 Å². The van der Waals surface area contributed by atoms with Crippen molar-refractivity contribution in [1.82, 2.24) is 0 Å². The number of carbonyl (C=O) groups excluding carboxylic acids is 1. The summed E-state index contributed by atoms with van der Waals surface area (Å²) in [7, 11) is 0. The van der Waals surface area contributed by atoms with Gasteiger partial charge in [-0.15, -0.1) is 0 Å². The highest BCUT2D eigenvalue weighted by molar-refractivity contribution is 9.10. The van der Waals surface area contributed by atoms with Gasteiger partial charge in [-0.2, -0.15) is 0 Å². The summed E-state index contributed by atoms with van der Waals surface area (Å²) in [6.45, 7) is 2.76. The second-order valence-electron chi connectivity index (χ2n) is 4.91. The third-order valence-corrected chi connectivity index (χ3v) is 4.00. The second kappa shape index (κ2) is 6.39. The quantitative estimate of drug-likeness (QED) is 0.835. The van der Waals surface area contributed by atoms with Crippen molar-refractivity contribution >= 4 is 33.2 Å². The molecule has 0 aliphatic carbocycles. The minimum absolute atomic E-state index is 0.000506. The summed E-state index contributed by atoms with van der Waals surface area (Å²) in [6.07, 6.45) is 3.67.